The maximum Gasteiger partial charge on any atom is 0.248 e. The van der Waals surface area contributed by atoms with Gasteiger partial charge >= 0.3 is 0 Å². The van der Waals surface area contributed by atoms with Gasteiger partial charge in [0.1, 0.15) is 11.0 Å². The minimum atomic E-state index is -0.0184. The van der Waals surface area contributed by atoms with Gasteiger partial charge in [-0.25, -0.2) is 4.63 Å². The Balaban J connectivity index is 1.44. The molecule has 2 aromatic heterocycles. The third kappa shape index (κ3) is 2.90. The second kappa shape index (κ2) is 5.96. The standard InChI is InChI=1S/C17H18N4O2/c22-16-10-13(4-7-18-16)12-5-8-21(9-6-12)11-14-2-1-3-15-17(14)20-23-19-15/h1-4,7,10,12H,5-6,8-9,11H2,(H,18,22). The SMILES string of the molecule is O=c1cc(C2CCN(Cc3cccc4nonc34)CC2)cc[nH]1. The van der Waals surface area contributed by atoms with E-state index in [0.717, 1.165) is 54.6 Å². The predicted molar refractivity (Wildman–Crippen MR) is 86.1 cm³/mol. The van der Waals surface area contributed by atoms with E-state index in [-0.39, 0.29) is 5.56 Å². The smallest absolute Gasteiger partial charge is 0.248 e. The Labute approximate surface area is 133 Å². The Morgan fingerprint density at radius 3 is 2.91 bits per heavy atom. The lowest BCUT2D eigenvalue weighted by Gasteiger charge is -2.32. The summed E-state index contributed by atoms with van der Waals surface area (Å²) in [6.45, 7) is 2.88. The van der Waals surface area contributed by atoms with Crippen LogP contribution in [0.15, 0.2) is 46.0 Å². The number of piperidine rings is 1. The molecule has 0 aliphatic carbocycles. The summed E-state index contributed by atoms with van der Waals surface area (Å²) in [4.78, 5) is 16.6. The van der Waals surface area contributed by atoms with Crippen LogP contribution in [0.2, 0.25) is 0 Å². The van der Waals surface area contributed by atoms with Crippen molar-refractivity contribution in [2.24, 2.45) is 0 Å². The molecule has 0 spiro atoms. The van der Waals surface area contributed by atoms with Crippen LogP contribution in [0.25, 0.3) is 11.0 Å². The van der Waals surface area contributed by atoms with Crippen molar-refractivity contribution >= 4 is 11.0 Å². The van der Waals surface area contributed by atoms with Crippen molar-refractivity contribution < 1.29 is 4.63 Å². The number of aromatic nitrogens is 3. The number of H-pyrrole nitrogens is 1. The van der Waals surface area contributed by atoms with Gasteiger partial charge in [0.15, 0.2) is 0 Å². The van der Waals surface area contributed by atoms with E-state index < -0.39 is 0 Å². The molecule has 1 saturated heterocycles. The molecule has 0 unspecified atom stereocenters. The molecule has 3 aromatic rings. The summed E-state index contributed by atoms with van der Waals surface area (Å²) in [5.74, 6) is 0.470. The van der Waals surface area contributed by atoms with Crippen molar-refractivity contribution in [3.05, 3.63) is 58.0 Å². The molecule has 1 aliphatic heterocycles. The van der Waals surface area contributed by atoms with Gasteiger partial charge in [-0.3, -0.25) is 9.69 Å². The summed E-state index contributed by atoms with van der Waals surface area (Å²) in [7, 11) is 0. The first-order valence-corrected chi connectivity index (χ1v) is 7.91. The van der Waals surface area contributed by atoms with Gasteiger partial charge in [-0.15, -0.1) is 0 Å². The maximum atomic E-state index is 11.4. The summed E-state index contributed by atoms with van der Waals surface area (Å²) >= 11 is 0. The zero-order valence-electron chi connectivity index (χ0n) is 12.7. The number of fused-ring (bicyclic) bond motifs is 1. The molecular weight excluding hydrogens is 292 g/mol. The minimum absolute atomic E-state index is 0.0184. The number of pyridine rings is 1. The van der Waals surface area contributed by atoms with E-state index in [9.17, 15) is 4.79 Å². The molecule has 0 saturated carbocycles. The number of nitrogens with one attached hydrogen (secondary N) is 1. The highest BCUT2D eigenvalue weighted by Gasteiger charge is 2.21. The molecule has 1 fully saturated rings. The summed E-state index contributed by atoms with van der Waals surface area (Å²) in [5.41, 5.74) is 3.94. The van der Waals surface area contributed by atoms with E-state index in [1.165, 1.54) is 0 Å². The molecule has 23 heavy (non-hydrogen) atoms. The lowest BCUT2D eigenvalue weighted by Crippen LogP contribution is -2.32. The largest absolute Gasteiger partial charge is 0.329 e. The van der Waals surface area contributed by atoms with E-state index in [1.807, 2.05) is 18.2 Å². The van der Waals surface area contributed by atoms with Crippen molar-refractivity contribution in [2.45, 2.75) is 25.3 Å². The normalized spacial score (nSPS) is 16.9. The zero-order valence-corrected chi connectivity index (χ0v) is 12.7. The number of hydrogen-bond donors (Lipinski definition) is 1. The quantitative estimate of drug-likeness (QED) is 0.803. The van der Waals surface area contributed by atoms with Gasteiger partial charge in [0, 0.05) is 18.8 Å². The van der Waals surface area contributed by atoms with Crippen LogP contribution in [0.5, 0.6) is 0 Å². The average molecular weight is 310 g/mol. The van der Waals surface area contributed by atoms with Crippen LogP contribution in [-0.4, -0.2) is 33.3 Å². The van der Waals surface area contributed by atoms with Crippen LogP contribution in [0.3, 0.4) is 0 Å². The minimum Gasteiger partial charge on any atom is -0.329 e. The van der Waals surface area contributed by atoms with Gasteiger partial charge in [0.25, 0.3) is 0 Å². The van der Waals surface area contributed by atoms with Gasteiger partial charge in [0.2, 0.25) is 5.56 Å². The Hall–Kier alpha value is -2.47. The lowest BCUT2D eigenvalue weighted by atomic mass is 9.90. The summed E-state index contributed by atoms with van der Waals surface area (Å²) < 4.78 is 4.83. The fourth-order valence-electron chi connectivity index (χ4n) is 3.37. The van der Waals surface area contributed by atoms with Crippen molar-refractivity contribution in [2.75, 3.05) is 13.1 Å². The van der Waals surface area contributed by atoms with Crippen LogP contribution in [-0.2, 0) is 6.54 Å². The van der Waals surface area contributed by atoms with E-state index >= 15 is 0 Å². The third-order valence-corrected chi connectivity index (χ3v) is 4.62. The molecule has 0 amide bonds. The second-order valence-corrected chi connectivity index (χ2v) is 6.09. The summed E-state index contributed by atoms with van der Waals surface area (Å²) in [6.07, 6.45) is 3.87. The molecule has 6 nitrogen and oxygen atoms in total. The van der Waals surface area contributed by atoms with Crippen LogP contribution < -0.4 is 5.56 Å². The van der Waals surface area contributed by atoms with E-state index in [4.69, 9.17) is 4.63 Å². The summed E-state index contributed by atoms with van der Waals surface area (Å²) in [6, 6.07) is 9.72. The molecule has 0 bridgehead atoms. The monoisotopic (exact) mass is 310 g/mol. The first-order chi connectivity index (χ1) is 11.3. The van der Waals surface area contributed by atoms with Gasteiger partial charge in [-0.05, 0) is 65.4 Å². The fraction of sp³-hybridized carbons (Fsp3) is 0.353. The van der Waals surface area contributed by atoms with E-state index in [0.29, 0.717) is 5.92 Å². The number of benzene rings is 1. The van der Waals surface area contributed by atoms with Crippen LogP contribution in [0.1, 0.15) is 29.9 Å². The van der Waals surface area contributed by atoms with E-state index in [1.54, 1.807) is 12.3 Å². The zero-order chi connectivity index (χ0) is 15.6. The van der Waals surface area contributed by atoms with Crippen LogP contribution in [0.4, 0.5) is 0 Å². The molecule has 1 aliphatic rings. The molecule has 0 atom stereocenters. The van der Waals surface area contributed by atoms with Crippen molar-refractivity contribution in [1.29, 1.82) is 0 Å². The van der Waals surface area contributed by atoms with Crippen molar-refractivity contribution in [1.82, 2.24) is 20.2 Å². The van der Waals surface area contributed by atoms with Crippen molar-refractivity contribution in [3.8, 4) is 0 Å². The lowest BCUT2D eigenvalue weighted by molar-refractivity contribution is 0.205. The first-order valence-electron chi connectivity index (χ1n) is 7.91. The number of likely N-dealkylation sites (tertiary alicyclic amines) is 1. The molecule has 4 rings (SSSR count). The highest BCUT2D eigenvalue weighted by atomic mass is 16.6. The third-order valence-electron chi connectivity index (χ3n) is 4.62. The molecule has 3 heterocycles. The molecule has 118 valence electrons. The Morgan fingerprint density at radius 2 is 2.09 bits per heavy atom. The van der Waals surface area contributed by atoms with Gasteiger partial charge in [0.05, 0.1) is 0 Å². The number of rotatable bonds is 3. The second-order valence-electron chi connectivity index (χ2n) is 6.09. The highest BCUT2D eigenvalue weighted by molar-refractivity contribution is 5.76. The summed E-state index contributed by atoms with van der Waals surface area (Å²) in [5, 5.41) is 7.90. The Kier molecular flexibility index (Phi) is 3.67. The molecule has 0 radical (unpaired) electrons. The van der Waals surface area contributed by atoms with Gasteiger partial charge in [-0.2, -0.15) is 0 Å². The first kappa shape index (κ1) is 14.1. The number of aromatic amines is 1. The van der Waals surface area contributed by atoms with E-state index in [2.05, 4.69) is 26.3 Å². The fourth-order valence-corrected chi connectivity index (χ4v) is 3.37. The highest BCUT2D eigenvalue weighted by Crippen LogP contribution is 2.28. The predicted octanol–water partition coefficient (Wildman–Crippen LogP) is 2.29. The maximum absolute atomic E-state index is 11.4. The average Bonchev–Trinajstić information content (AvgIpc) is 3.05. The van der Waals surface area contributed by atoms with Crippen LogP contribution >= 0.6 is 0 Å². The van der Waals surface area contributed by atoms with Crippen molar-refractivity contribution in [3.63, 3.8) is 0 Å². The molecule has 6 heteroatoms. The Bertz CT molecular complexity index is 862. The van der Waals surface area contributed by atoms with Gasteiger partial charge < -0.3 is 4.98 Å². The topological polar surface area (TPSA) is 75.0 Å². The number of hydrogen-bond acceptors (Lipinski definition) is 5. The molecule has 1 N–H and O–H groups in total. The van der Waals surface area contributed by atoms with Crippen LogP contribution in [0, 0.1) is 0 Å². The molecular formula is C17H18N4O2. The molecule has 1 aromatic carbocycles. The Morgan fingerprint density at radius 1 is 1.22 bits per heavy atom. The van der Waals surface area contributed by atoms with Gasteiger partial charge in [-0.1, -0.05) is 12.1 Å². The number of nitrogens with zero attached hydrogens (tertiary/aromatic N) is 3.